The molecule has 2 unspecified atom stereocenters. The zero-order valence-corrected chi connectivity index (χ0v) is 9.09. The molecule has 1 heterocycles. The predicted molar refractivity (Wildman–Crippen MR) is 57.2 cm³/mol. The molecule has 0 amide bonds. The largest absolute Gasteiger partial charge is 0.376 e. The standard InChI is InChI=1S/C11H22N2O/c1-9-11(8-12,5-7-14-9)13-6-4-10-2-3-10/h9-10,13H,2-8,12H2,1H3. The molecule has 2 atom stereocenters. The molecule has 82 valence electrons. The van der Waals surface area contributed by atoms with Crippen molar-refractivity contribution in [2.75, 3.05) is 19.7 Å². The zero-order chi connectivity index (χ0) is 10.0. The minimum Gasteiger partial charge on any atom is -0.376 e. The fourth-order valence-corrected chi connectivity index (χ4v) is 2.28. The Morgan fingerprint density at radius 2 is 2.29 bits per heavy atom. The Labute approximate surface area is 86.4 Å². The molecule has 1 saturated carbocycles. The molecular formula is C11H22N2O. The highest BCUT2D eigenvalue weighted by Crippen LogP contribution is 2.32. The van der Waals surface area contributed by atoms with Crippen LogP contribution in [0, 0.1) is 5.92 Å². The number of ether oxygens (including phenoxy) is 1. The van der Waals surface area contributed by atoms with Gasteiger partial charge in [0.15, 0.2) is 0 Å². The molecule has 1 aliphatic heterocycles. The monoisotopic (exact) mass is 198 g/mol. The summed E-state index contributed by atoms with van der Waals surface area (Å²) in [5, 5.41) is 3.62. The van der Waals surface area contributed by atoms with E-state index in [0.29, 0.717) is 6.54 Å². The summed E-state index contributed by atoms with van der Waals surface area (Å²) in [7, 11) is 0. The summed E-state index contributed by atoms with van der Waals surface area (Å²) >= 11 is 0. The Kier molecular flexibility index (Phi) is 3.10. The van der Waals surface area contributed by atoms with Gasteiger partial charge in [-0.2, -0.15) is 0 Å². The van der Waals surface area contributed by atoms with E-state index in [1.54, 1.807) is 0 Å². The first-order valence-electron chi connectivity index (χ1n) is 5.83. The van der Waals surface area contributed by atoms with Gasteiger partial charge in [-0.05, 0) is 32.2 Å². The number of rotatable bonds is 5. The van der Waals surface area contributed by atoms with Gasteiger partial charge >= 0.3 is 0 Å². The minimum atomic E-state index is 0.0644. The number of nitrogens with two attached hydrogens (primary N) is 1. The molecule has 1 aliphatic carbocycles. The molecule has 3 nitrogen and oxygen atoms in total. The van der Waals surface area contributed by atoms with Gasteiger partial charge in [-0.3, -0.25) is 0 Å². The van der Waals surface area contributed by atoms with Gasteiger partial charge in [-0.25, -0.2) is 0 Å². The smallest absolute Gasteiger partial charge is 0.0741 e. The van der Waals surface area contributed by atoms with E-state index in [0.717, 1.165) is 25.5 Å². The molecule has 0 radical (unpaired) electrons. The summed E-state index contributed by atoms with van der Waals surface area (Å²) in [6.07, 6.45) is 5.52. The average molecular weight is 198 g/mol. The summed E-state index contributed by atoms with van der Waals surface area (Å²) in [6, 6.07) is 0. The zero-order valence-electron chi connectivity index (χ0n) is 9.09. The van der Waals surface area contributed by atoms with Crippen LogP contribution >= 0.6 is 0 Å². The quantitative estimate of drug-likeness (QED) is 0.689. The van der Waals surface area contributed by atoms with Crippen molar-refractivity contribution in [3.63, 3.8) is 0 Å². The van der Waals surface area contributed by atoms with Crippen molar-refractivity contribution < 1.29 is 4.74 Å². The van der Waals surface area contributed by atoms with Crippen LogP contribution in [0.15, 0.2) is 0 Å². The first-order chi connectivity index (χ1) is 6.77. The van der Waals surface area contributed by atoms with E-state index in [-0.39, 0.29) is 11.6 Å². The van der Waals surface area contributed by atoms with Crippen LogP contribution in [-0.2, 0) is 4.74 Å². The molecule has 0 aromatic rings. The van der Waals surface area contributed by atoms with E-state index >= 15 is 0 Å². The number of hydrogen-bond acceptors (Lipinski definition) is 3. The van der Waals surface area contributed by atoms with E-state index < -0.39 is 0 Å². The third-order valence-electron chi connectivity index (χ3n) is 3.79. The normalized spacial score (nSPS) is 37.7. The second-order valence-corrected chi connectivity index (χ2v) is 4.78. The van der Waals surface area contributed by atoms with Crippen molar-refractivity contribution in [1.29, 1.82) is 0 Å². The van der Waals surface area contributed by atoms with Gasteiger partial charge in [0.05, 0.1) is 11.6 Å². The second kappa shape index (κ2) is 4.17. The van der Waals surface area contributed by atoms with Crippen LogP contribution in [0.5, 0.6) is 0 Å². The number of hydrogen-bond donors (Lipinski definition) is 2. The summed E-state index contributed by atoms with van der Waals surface area (Å²) in [5.41, 5.74) is 5.91. The van der Waals surface area contributed by atoms with Crippen LogP contribution in [0.2, 0.25) is 0 Å². The van der Waals surface area contributed by atoms with Crippen LogP contribution in [0.4, 0.5) is 0 Å². The Balaban J connectivity index is 1.78. The maximum absolute atomic E-state index is 5.85. The average Bonchev–Trinajstić information content (AvgIpc) is 2.93. The third kappa shape index (κ3) is 2.10. The van der Waals surface area contributed by atoms with Crippen LogP contribution in [0.1, 0.15) is 32.6 Å². The van der Waals surface area contributed by atoms with Crippen LogP contribution < -0.4 is 11.1 Å². The molecule has 1 saturated heterocycles. The van der Waals surface area contributed by atoms with Gasteiger partial charge in [0.2, 0.25) is 0 Å². The molecule has 2 rings (SSSR count). The van der Waals surface area contributed by atoms with E-state index in [9.17, 15) is 0 Å². The molecule has 3 N–H and O–H groups in total. The Hall–Kier alpha value is -0.120. The summed E-state index contributed by atoms with van der Waals surface area (Å²) in [6.45, 7) is 4.78. The van der Waals surface area contributed by atoms with Crippen LogP contribution in [0.3, 0.4) is 0 Å². The first kappa shape index (κ1) is 10.4. The third-order valence-corrected chi connectivity index (χ3v) is 3.79. The van der Waals surface area contributed by atoms with Crippen LogP contribution in [-0.4, -0.2) is 31.3 Å². The topological polar surface area (TPSA) is 47.3 Å². The summed E-state index contributed by atoms with van der Waals surface area (Å²) in [5.74, 6) is 0.995. The van der Waals surface area contributed by atoms with Crippen molar-refractivity contribution in [2.45, 2.75) is 44.2 Å². The summed E-state index contributed by atoms with van der Waals surface area (Å²) in [4.78, 5) is 0. The fraction of sp³-hybridized carbons (Fsp3) is 1.00. The molecule has 0 aromatic carbocycles. The molecular weight excluding hydrogens is 176 g/mol. The summed E-state index contributed by atoms with van der Waals surface area (Å²) < 4.78 is 5.59. The molecule has 0 bridgehead atoms. The van der Waals surface area contributed by atoms with Gasteiger partial charge < -0.3 is 15.8 Å². The number of nitrogens with one attached hydrogen (secondary N) is 1. The van der Waals surface area contributed by atoms with Crippen molar-refractivity contribution in [3.05, 3.63) is 0 Å². The van der Waals surface area contributed by atoms with Crippen molar-refractivity contribution in [3.8, 4) is 0 Å². The molecule has 14 heavy (non-hydrogen) atoms. The SMILES string of the molecule is CC1OCCC1(CN)NCCC1CC1. The molecule has 0 aromatic heterocycles. The van der Waals surface area contributed by atoms with E-state index in [1.807, 2.05) is 0 Å². The lowest BCUT2D eigenvalue weighted by Gasteiger charge is -2.32. The van der Waals surface area contributed by atoms with Gasteiger partial charge in [0.25, 0.3) is 0 Å². The van der Waals surface area contributed by atoms with Gasteiger partial charge in [0.1, 0.15) is 0 Å². The van der Waals surface area contributed by atoms with Crippen molar-refractivity contribution in [1.82, 2.24) is 5.32 Å². The van der Waals surface area contributed by atoms with E-state index in [4.69, 9.17) is 10.5 Å². The van der Waals surface area contributed by atoms with E-state index in [1.165, 1.54) is 19.3 Å². The first-order valence-corrected chi connectivity index (χ1v) is 5.83. The van der Waals surface area contributed by atoms with Crippen LogP contribution in [0.25, 0.3) is 0 Å². The molecule has 2 aliphatic rings. The lowest BCUT2D eigenvalue weighted by Crippen LogP contribution is -2.56. The highest BCUT2D eigenvalue weighted by Gasteiger charge is 2.39. The highest BCUT2D eigenvalue weighted by atomic mass is 16.5. The molecule has 0 spiro atoms. The van der Waals surface area contributed by atoms with Gasteiger partial charge in [0, 0.05) is 13.2 Å². The Morgan fingerprint density at radius 1 is 1.50 bits per heavy atom. The lowest BCUT2D eigenvalue weighted by molar-refractivity contribution is 0.0852. The van der Waals surface area contributed by atoms with Gasteiger partial charge in [-0.1, -0.05) is 12.8 Å². The molecule has 2 fully saturated rings. The minimum absolute atomic E-state index is 0.0644. The Bertz CT molecular complexity index is 194. The predicted octanol–water partition coefficient (Wildman–Crippen LogP) is 0.882. The van der Waals surface area contributed by atoms with Crippen molar-refractivity contribution >= 4 is 0 Å². The van der Waals surface area contributed by atoms with Gasteiger partial charge in [-0.15, -0.1) is 0 Å². The lowest BCUT2D eigenvalue weighted by atomic mass is 9.92. The van der Waals surface area contributed by atoms with Crippen molar-refractivity contribution in [2.24, 2.45) is 11.7 Å². The maximum Gasteiger partial charge on any atom is 0.0741 e. The highest BCUT2D eigenvalue weighted by molar-refractivity contribution is 4.98. The molecule has 3 heteroatoms. The Morgan fingerprint density at radius 3 is 2.79 bits per heavy atom. The fourth-order valence-electron chi connectivity index (χ4n) is 2.28. The van der Waals surface area contributed by atoms with E-state index in [2.05, 4.69) is 12.2 Å². The second-order valence-electron chi connectivity index (χ2n) is 4.78. The maximum atomic E-state index is 5.85.